The van der Waals surface area contributed by atoms with E-state index in [4.69, 9.17) is 12.2 Å². The lowest BCUT2D eigenvalue weighted by Gasteiger charge is -2.46. The van der Waals surface area contributed by atoms with E-state index >= 15 is 0 Å². The summed E-state index contributed by atoms with van der Waals surface area (Å²) in [5.74, 6) is -2.79. The number of alkyl halides is 3. The first-order valence-electron chi connectivity index (χ1n) is 7.61. The fourth-order valence-corrected chi connectivity index (χ4v) is 3.24. The monoisotopic (exact) mass is 381 g/mol. The van der Waals surface area contributed by atoms with Crippen molar-refractivity contribution in [2.24, 2.45) is 5.92 Å². The zero-order valence-corrected chi connectivity index (χ0v) is 14.0. The van der Waals surface area contributed by atoms with E-state index < -0.39 is 34.8 Å². The van der Waals surface area contributed by atoms with Gasteiger partial charge in [0, 0.05) is 18.0 Å². The molecule has 0 bridgehead atoms. The predicted octanol–water partition coefficient (Wildman–Crippen LogP) is 2.35. The smallest absolute Gasteiger partial charge is 0.363 e. The van der Waals surface area contributed by atoms with Crippen LogP contribution in [0.15, 0.2) is 54.9 Å². The predicted molar refractivity (Wildman–Crippen MR) is 91.1 cm³/mol. The van der Waals surface area contributed by atoms with Crippen molar-refractivity contribution in [3.05, 3.63) is 66.0 Å². The van der Waals surface area contributed by atoms with Gasteiger partial charge in [0.05, 0.1) is 6.04 Å². The molecule has 1 aromatic carbocycles. The minimum atomic E-state index is -5.14. The van der Waals surface area contributed by atoms with Crippen LogP contribution in [0, 0.1) is 5.92 Å². The van der Waals surface area contributed by atoms with Crippen LogP contribution in [-0.2, 0) is 0 Å². The summed E-state index contributed by atoms with van der Waals surface area (Å²) in [5.41, 5.74) is -3.18. The number of thiocarbonyl (C=S) groups is 1. The highest BCUT2D eigenvalue weighted by Crippen LogP contribution is 2.43. The number of benzene rings is 1. The average molecular weight is 381 g/mol. The second kappa shape index (κ2) is 6.65. The highest BCUT2D eigenvalue weighted by atomic mass is 32.1. The summed E-state index contributed by atoms with van der Waals surface area (Å²) in [7, 11) is 0. The Balaban J connectivity index is 2.15. The summed E-state index contributed by atoms with van der Waals surface area (Å²) in [5, 5.41) is 14.6. The Morgan fingerprint density at radius 3 is 2.46 bits per heavy atom. The van der Waals surface area contributed by atoms with Crippen LogP contribution in [0.5, 0.6) is 0 Å². The zero-order valence-electron chi connectivity index (χ0n) is 13.2. The van der Waals surface area contributed by atoms with Crippen molar-refractivity contribution in [3.8, 4) is 0 Å². The van der Waals surface area contributed by atoms with Crippen molar-refractivity contribution in [3.63, 3.8) is 0 Å². The second-order valence-electron chi connectivity index (χ2n) is 5.83. The number of nitrogens with one attached hydrogen (secondary N) is 2. The largest absolute Gasteiger partial charge is 0.437 e. The van der Waals surface area contributed by atoms with Gasteiger partial charge in [-0.3, -0.25) is 9.78 Å². The number of aliphatic hydroxyl groups is 1. The fraction of sp³-hybridized carbons (Fsp3) is 0.235. The molecule has 0 radical (unpaired) electrons. The maximum atomic E-state index is 13.7. The molecule has 3 atom stereocenters. The van der Waals surface area contributed by atoms with Gasteiger partial charge in [-0.05, 0) is 23.8 Å². The van der Waals surface area contributed by atoms with E-state index in [1.54, 1.807) is 6.07 Å². The van der Waals surface area contributed by atoms with Gasteiger partial charge in [0.2, 0.25) is 5.72 Å². The molecule has 3 rings (SSSR count). The molecule has 1 aliphatic rings. The Bertz CT molecular complexity index is 817. The van der Waals surface area contributed by atoms with Gasteiger partial charge in [0.25, 0.3) is 0 Å². The lowest BCUT2D eigenvalue weighted by atomic mass is 9.77. The number of carbonyl (C=O) groups is 1. The number of hydrogen-bond acceptors (Lipinski definition) is 4. The number of pyridine rings is 1. The second-order valence-corrected chi connectivity index (χ2v) is 6.24. The maximum Gasteiger partial charge on any atom is 0.437 e. The number of carbonyl (C=O) groups excluding carboxylic acids is 1. The molecule has 3 N–H and O–H groups in total. The summed E-state index contributed by atoms with van der Waals surface area (Å²) < 4.78 is 41.2. The quantitative estimate of drug-likeness (QED) is 0.560. The third-order valence-corrected chi connectivity index (χ3v) is 4.41. The summed E-state index contributed by atoms with van der Waals surface area (Å²) >= 11 is 4.84. The Morgan fingerprint density at radius 1 is 1.19 bits per heavy atom. The SMILES string of the molecule is O=C(c1ccccc1)[C@@H]1[C@H](c2cccnc2)NC(=S)N[C@@]1(O)C(F)(F)F. The molecule has 0 aliphatic carbocycles. The highest BCUT2D eigenvalue weighted by Gasteiger charge is 2.65. The van der Waals surface area contributed by atoms with Gasteiger partial charge >= 0.3 is 6.18 Å². The molecule has 1 saturated heterocycles. The van der Waals surface area contributed by atoms with Crippen molar-refractivity contribution >= 4 is 23.1 Å². The Kier molecular flexibility index (Phi) is 4.68. The van der Waals surface area contributed by atoms with Crippen LogP contribution in [0.3, 0.4) is 0 Å². The molecule has 1 aliphatic heterocycles. The first kappa shape index (κ1) is 18.3. The van der Waals surface area contributed by atoms with Gasteiger partial charge in [0.1, 0.15) is 5.92 Å². The molecule has 0 spiro atoms. The minimum Gasteiger partial charge on any atom is -0.363 e. The molecular formula is C17H14F3N3O2S. The normalized spacial score (nSPS) is 25.9. The Hall–Kier alpha value is -2.52. The molecule has 26 heavy (non-hydrogen) atoms. The molecule has 1 aromatic heterocycles. The Labute approximate surface area is 152 Å². The van der Waals surface area contributed by atoms with Gasteiger partial charge in [0.15, 0.2) is 10.9 Å². The number of aromatic nitrogens is 1. The minimum absolute atomic E-state index is 0.0467. The summed E-state index contributed by atoms with van der Waals surface area (Å²) in [6, 6.07) is 9.33. The number of hydrogen-bond donors (Lipinski definition) is 3. The van der Waals surface area contributed by atoms with Crippen LogP contribution in [0.25, 0.3) is 0 Å². The van der Waals surface area contributed by atoms with Gasteiger partial charge in [-0.2, -0.15) is 13.2 Å². The standard InChI is InChI=1S/C17H14F3N3O2S/c18-17(19,20)16(25)12(14(24)10-5-2-1-3-6-10)13(22-15(26)23-16)11-7-4-8-21-9-11/h1-9,12-13,25H,(H2,22,23,26)/t12-,13-,16-/m0/s1. The van der Waals surface area contributed by atoms with Crippen LogP contribution < -0.4 is 10.6 Å². The van der Waals surface area contributed by atoms with Crippen LogP contribution in [0.4, 0.5) is 13.2 Å². The lowest BCUT2D eigenvalue weighted by Crippen LogP contribution is -2.72. The number of rotatable bonds is 3. The molecule has 2 aromatic rings. The molecule has 0 saturated carbocycles. The molecule has 136 valence electrons. The van der Waals surface area contributed by atoms with E-state index in [9.17, 15) is 23.1 Å². The summed E-state index contributed by atoms with van der Waals surface area (Å²) in [6.07, 6.45) is -2.37. The van der Waals surface area contributed by atoms with Gasteiger partial charge < -0.3 is 15.7 Å². The average Bonchev–Trinajstić information content (AvgIpc) is 2.61. The van der Waals surface area contributed by atoms with Crippen molar-refractivity contribution in [1.82, 2.24) is 15.6 Å². The first-order valence-corrected chi connectivity index (χ1v) is 8.02. The van der Waals surface area contributed by atoms with E-state index in [1.807, 2.05) is 5.32 Å². The molecule has 2 heterocycles. The van der Waals surface area contributed by atoms with Crippen molar-refractivity contribution < 1.29 is 23.1 Å². The first-order chi connectivity index (χ1) is 12.2. The van der Waals surface area contributed by atoms with E-state index in [-0.39, 0.29) is 5.56 Å². The van der Waals surface area contributed by atoms with E-state index in [0.717, 1.165) is 0 Å². The highest BCUT2D eigenvalue weighted by molar-refractivity contribution is 7.80. The number of nitrogens with zero attached hydrogens (tertiary/aromatic N) is 1. The molecular weight excluding hydrogens is 367 g/mol. The topological polar surface area (TPSA) is 74.2 Å². The number of halogens is 3. The zero-order chi connectivity index (χ0) is 18.9. The van der Waals surface area contributed by atoms with Crippen molar-refractivity contribution in [2.45, 2.75) is 17.9 Å². The number of ketones is 1. The van der Waals surface area contributed by atoms with E-state index in [1.165, 1.54) is 48.8 Å². The van der Waals surface area contributed by atoms with Crippen LogP contribution in [0.2, 0.25) is 0 Å². The van der Waals surface area contributed by atoms with Crippen LogP contribution in [0.1, 0.15) is 22.0 Å². The maximum absolute atomic E-state index is 13.7. The molecule has 0 amide bonds. The van der Waals surface area contributed by atoms with E-state index in [2.05, 4.69) is 10.3 Å². The molecule has 9 heteroatoms. The van der Waals surface area contributed by atoms with Crippen LogP contribution >= 0.6 is 12.2 Å². The Morgan fingerprint density at radius 2 is 1.88 bits per heavy atom. The third kappa shape index (κ3) is 3.15. The molecule has 0 unspecified atom stereocenters. The fourth-order valence-electron chi connectivity index (χ4n) is 2.96. The summed E-state index contributed by atoms with van der Waals surface area (Å²) in [4.78, 5) is 16.8. The molecule has 5 nitrogen and oxygen atoms in total. The van der Waals surface area contributed by atoms with Gasteiger partial charge in [-0.15, -0.1) is 0 Å². The van der Waals surface area contributed by atoms with Crippen molar-refractivity contribution in [2.75, 3.05) is 0 Å². The summed E-state index contributed by atoms with van der Waals surface area (Å²) in [6.45, 7) is 0. The van der Waals surface area contributed by atoms with Gasteiger partial charge in [-0.1, -0.05) is 36.4 Å². The third-order valence-electron chi connectivity index (χ3n) is 4.19. The van der Waals surface area contributed by atoms with Crippen LogP contribution in [-0.4, -0.2) is 32.9 Å². The van der Waals surface area contributed by atoms with Crippen molar-refractivity contribution in [1.29, 1.82) is 0 Å². The van der Waals surface area contributed by atoms with Gasteiger partial charge in [-0.25, -0.2) is 0 Å². The number of Topliss-reactive ketones (excluding diaryl/α,β-unsaturated/α-hetero) is 1. The molecule has 1 fully saturated rings. The van der Waals surface area contributed by atoms with E-state index in [0.29, 0.717) is 5.56 Å². The lowest BCUT2D eigenvalue weighted by molar-refractivity contribution is -0.285.